The normalized spacial score (nSPS) is 19.4. The van der Waals surface area contributed by atoms with Crippen molar-refractivity contribution in [3.05, 3.63) is 84.5 Å². The van der Waals surface area contributed by atoms with Crippen molar-refractivity contribution in [2.24, 2.45) is 11.3 Å². The fourth-order valence-corrected chi connectivity index (χ4v) is 3.41. The van der Waals surface area contributed by atoms with E-state index in [1.165, 1.54) is 16.1 Å². The third-order valence-corrected chi connectivity index (χ3v) is 5.07. The van der Waals surface area contributed by atoms with Crippen LogP contribution >= 0.6 is 0 Å². The van der Waals surface area contributed by atoms with E-state index in [4.69, 9.17) is 0 Å². The van der Waals surface area contributed by atoms with E-state index in [-0.39, 0.29) is 17.6 Å². The first-order valence-corrected chi connectivity index (χ1v) is 9.13. The molecule has 2 aromatic carbocycles. The lowest BCUT2D eigenvalue weighted by Crippen LogP contribution is -2.41. The number of carbonyl (C=O) groups excluding carboxylic acids is 3. The maximum atomic E-state index is 13.3. The number of benzene rings is 2. The molecule has 0 spiro atoms. The molecule has 2 amide bonds. The molecule has 28 heavy (non-hydrogen) atoms. The highest BCUT2D eigenvalue weighted by Crippen LogP contribution is 2.37. The second-order valence-electron chi connectivity index (χ2n) is 7.47. The monoisotopic (exact) mass is 372 g/mol. The van der Waals surface area contributed by atoms with Crippen molar-refractivity contribution in [2.45, 2.75) is 13.8 Å². The number of amides is 2. The number of hydrogen-bond donors (Lipinski definition) is 0. The zero-order valence-electron chi connectivity index (χ0n) is 15.7. The highest BCUT2D eigenvalue weighted by Gasteiger charge is 2.49. The summed E-state index contributed by atoms with van der Waals surface area (Å²) in [6.07, 6.45) is 4.90. The number of carbonyl (C=O) groups is 3. The fraction of sp³-hybridized carbons (Fsp3) is 0.174. The quantitative estimate of drug-likeness (QED) is 0.772. The molecule has 0 bridgehead atoms. The number of anilines is 2. The van der Waals surface area contributed by atoms with Gasteiger partial charge >= 0.3 is 0 Å². The van der Waals surface area contributed by atoms with Crippen molar-refractivity contribution >= 4 is 29.0 Å². The molecule has 5 nitrogen and oxygen atoms in total. The molecule has 0 N–H and O–H groups in total. The van der Waals surface area contributed by atoms with Crippen molar-refractivity contribution in [3.63, 3.8) is 0 Å². The number of allylic oxidation sites excluding steroid dienone is 3. The van der Waals surface area contributed by atoms with Crippen molar-refractivity contribution < 1.29 is 14.4 Å². The van der Waals surface area contributed by atoms with E-state index in [1.54, 1.807) is 36.4 Å². The van der Waals surface area contributed by atoms with Crippen LogP contribution in [0.25, 0.3) is 0 Å². The largest absolute Gasteiger partial charge is 0.294 e. The van der Waals surface area contributed by atoms with E-state index < -0.39 is 11.3 Å². The lowest BCUT2D eigenvalue weighted by Gasteiger charge is -2.27. The maximum Gasteiger partial charge on any atom is 0.263 e. The molecule has 1 fully saturated rings. The Kier molecular flexibility index (Phi) is 4.23. The van der Waals surface area contributed by atoms with Crippen LogP contribution in [0, 0.1) is 11.3 Å². The van der Waals surface area contributed by atoms with E-state index in [2.05, 4.69) is 0 Å². The summed E-state index contributed by atoms with van der Waals surface area (Å²) in [5, 5.41) is 2.78. The van der Waals surface area contributed by atoms with Gasteiger partial charge in [-0.05, 0) is 49.8 Å². The van der Waals surface area contributed by atoms with Gasteiger partial charge in [-0.2, -0.15) is 0 Å². The number of nitrogens with zero attached hydrogens (tertiary/aromatic N) is 2. The van der Waals surface area contributed by atoms with Crippen LogP contribution in [0.1, 0.15) is 13.8 Å². The molecule has 2 aliphatic rings. The smallest absolute Gasteiger partial charge is 0.263 e. The summed E-state index contributed by atoms with van der Waals surface area (Å²) in [6.45, 7) is 3.62. The van der Waals surface area contributed by atoms with Crippen molar-refractivity contribution in [2.75, 3.05) is 10.0 Å². The molecule has 140 valence electrons. The van der Waals surface area contributed by atoms with Gasteiger partial charge in [-0.15, -0.1) is 0 Å². The molecule has 0 saturated carbocycles. The number of hydrogen-bond acceptors (Lipinski definition) is 3. The molecule has 1 aliphatic carbocycles. The summed E-state index contributed by atoms with van der Waals surface area (Å²) in [5.41, 5.74) is 0.990. The minimum atomic E-state index is -1.04. The van der Waals surface area contributed by atoms with Gasteiger partial charge in [-0.25, -0.2) is 10.0 Å². The average molecular weight is 372 g/mol. The van der Waals surface area contributed by atoms with Gasteiger partial charge in [0.25, 0.3) is 11.8 Å². The van der Waals surface area contributed by atoms with Gasteiger partial charge in [0.1, 0.15) is 5.92 Å². The SMILES string of the molecule is CC1(C)C=CC(C2C(=O)N(c3ccccc3)N(c3ccccc3)C2=O)=CC1=O. The average Bonchev–Trinajstić information content (AvgIpc) is 2.96. The number of rotatable bonds is 3. The van der Waals surface area contributed by atoms with E-state index in [0.717, 1.165) is 0 Å². The van der Waals surface area contributed by atoms with Gasteiger partial charge < -0.3 is 0 Å². The summed E-state index contributed by atoms with van der Waals surface area (Å²) in [7, 11) is 0. The molecule has 1 aliphatic heterocycles. The molecule has 2 aromatic rings. The molecule has 4 rings (SSSR count). The summed E-state index contributed by atoms with van der Waals surface area (Å²) < 4.78 is 0. The minimum absolute atomic E-state index is 0.116. The predicted octanol–water partition coefficient (Wildman–Crippen LogP) is 3.69. The first kappa shape index (κ1) is 17.9. The Bertz CT molecular complexity index is 949. The van der Waals surface area contributed by atoms with E-state index in [9.17, 15) is 14.4 Å². The van der Waals surface area contributed by atoms with E-state index >= 15 is 0 Å². The van der Waals surface area contributed by atoms with E-state index in [1.807, 2.05) is 50.2 Å². The Morgan fingerprint density at radius 1 is 0.750 bits per heavy atom. The van der Waals surface area contributed by atoms with Crippen molar-refractivity contribution in [1.82, 2.24) is 0 Å². The predicted molar refractivity (Wildman–Crippen MR) is 107 cm³/mol. The van der Waals surface area contributed by atoms with Crippen LogP contribution in [-0.4, -0.2) is 17.6 Å². The van der Waals surface area contributed by atoms with Gasteiger partial charge in [-0.1, -0.05) is 48.6 Å². The van der Waals surface area contributed by atoms with Crippen LogP contribution < -0.4 is 10.0 Å². The van der Waals surface area contributed by atoms with Crippen LogP contribution in [-0.2, 0) is 14.4 Å². The highest BCUT2D eigenvalue weighted by atomic mass is 16.2. The topological polar surface area (TPSA) is 57.7 Å². The zero-order chi connectivity index (χ0) is 19.9. The standard InChI is InChI=1S/C23H20N2O3/c1-23(2)14-13-16(15-19(23)26)20-21(27)24(17-9-5-3-6-10-17)25(22(20)28)18-11-7-4-8-12-18/h3-15,20H,1-2H3. The Labute approximate surface area is 163 Å². The molecule has 0 unspecified atom stereocenters. The molecule has 0 atom stereocenters. The molecule has 0 radical (unpaired) electrons. The molecular weight excluding hydrogens is 352 g/mol. The van der Waals surface area contributed by atoms with Crippen LogP contribution in [0.2, 0.25) is 0 Å². The Morgan fingerprint density at radius 3 is 1.64 bits per heavy atom. The van der Waals surface area contributed by atoms with Crippen LogP contribution in [0.15, 0.2) is 84.5 Å². The number of hydrazine groups is 1. The lowest BCUT2D eigenvalue weighted by molar-refractivity contribution is -0.125. The molecule has 1 heterocycles. The Hall–Kier alpha value is -3.47. The summed E-state index contributed by atoms with van der Waals surface area (Å²) >= 11 is 0. The van der Waals surface area contributed by atoms with Gasteiger partial charge in [0.05, 0.1) is 11.4 Å². The summed E-state index contributed by atoms with van der Waals surface area (Å²) in [5.74, 6) is -1.90. The minimum Gasteiger partial charge on any atom is -0.294 e. The molecular formula is C23H20N2O3. The summed E-state index contributed by atoms with van der Waals surface area (Å²) in [6, 6.07) is 18.1. The van der Waals surface area contributed by atoms with Gasteiger partial charge in [-0.3, -0.25) is 14.4 Å². The van der Waals surface area contributed by atoms with Crippen LogP contribution in [0.4, 0.5) is 11.4 Å². The van der Waals surface area contributed by atoms with Crippen molar-refractivity contribution in [3.8, 4) is 0 Å². The number of para-hydroxylation sites is 2. The fourth-order valence-electron chi connectivity index (χ4n) is 3.41. The number of ketones is 1. The molecule has 1 saturated heterocycles. The van der Waals surface area contributed by atoms with Gasteiger partial charge in [0.2, 0.25) is 0 Å². The Balaban J connectivity index is 1.81. The second kappa shape index (κ2) is 6.60. The van der Waals surface area contributed by atoms with E-state index in [0.29, 0.717) is 16.9 Å². The van der Waals surface area contributed by atoms with Gasteiger partial charge in [0.15, 0.2) is 5.78 Å². The first-order valence-electron chi connectivity index (χ1n) is 9.13. The maximum absolute atomic E-state index is 13.3. The Morgan fingerprint density at radius 2 is 1.21 bits per heavy atom. The third-order valence-electron chi connectivity index (χ3n) is 5.07. The van der Waals surface area contributed by atoms with Crippen LogP contribution in [0.5, 0.6) is 0 Å². The first-order chi connectivity index (χ1) is 13.4. The van der Waals surface area contributed by atoms with Gasteiger partial charge in [0, 0.05) is 5.41 Å². The zero-order valence-corrected chi connectivity index (χ0v) is 15.7. The highest BCUT2D eigenvalue weighted by molar-refractivity contribution is 6.25. The third kappa shape index (κ3) is 2.85. The second-order valence-corrected chi connectivity index (χ2v) is 7.47. The van der Waals surface area contributed by atoms with Crippen molar-refractivity contribution in [1.29, 1.82) is 0 Å². The van der Waals surface area contributed by atoms with Crippen LogP contribution in [0.3, 0.4) is 0 Å². The summed E-state index contributed by atoms with van der Waals surface area (Å²) in [4.78, 5) is 39.1. The molecule has 0 aromatic heterocycles. The molecule has 5 heteroatoms. The lowest BCUT2D eigenvalue weighted by atomic mass is 9.80.